The molecule has 1 unspecified atom stereocenters. The van der Waals surface area contributed by atoms with Gasteiger partial charge in [0.25, 0.3) is 0 Å². The number of hydrogen-bond donors (Lipinski definition) is 0. The van der Waals surface area contributed by atoms with Crippen molar-refractivity contribution in [2.45, 2.75) is 89.3 Å². The van der Waals surface area contributed by atoms with Gasteiger partial charge in [-0.3, -0.25) is 4.99 Å². The summed E-state index contributed by atoms with van der Waals surface area (Å²) in [6, 6.07) is 14.8. The van der Waals surface area contributed by atoms with Gasteiger partial charge in [-0.1, -0.05) is 68.9 Å². The largest absolute Gasteiger partial charge is 0.364 e. The summed E-state index contributed by atoms with van der Waals surface area (Å²) >= 11 is 0. The molecule has 2 heteroatoms. The molecule has 0 amide bonds. The minimum Gasteiger partial charge on any atom is -0.364 e. The Balaban J connectivity index is 1.54. The van der Waals surface area contributed by atoms with E-state index in [-0.39, 0.29) is 6.04 Å². The summed E-state index contributed by atoms with van der Waals surface area (Å²) in [4.78, 5) is 7.85. The van der Waals surface area contributed by atoms with Crippen LogP contribution in [-0.2, 0) is 0 Å². The Morgan fingerprint density at radius 2 is 1.40 bits per heavy atom. The highest BCUT2D eigenvalue weighted by molar-refractivity contribution is 5.57. The highest BCUT2D eigenvalue weighted by Gasteiger charge is 2.32. The Kier molecular flexibility index (Phi) is 5.24. The molecule has 134 valence electrons. The molecular formula is C23H32N2. The molecule has 2 saturated carbocycles. The molecule has 0 spiro atoms. The maximum absolute atomic E-state index is 5.03. The van der Waals surface area contributed by atoms with E-state index in [1.807, 2.05) is 0 Å². The minimum absolute atomic E-state index is 0.254. The summed E-state index contributed by atoms with van der Waals surface area (Å²) < 4.78 is 0. The topological polar surface area (TPSA) is 15.6 Å². The van der Waals surface area contributed by atoms with Gasteiger partial charge in [-0.2, -0.15) is 0 Å². The Bertz CT molecular complexity index is 650. The van der Waals surface area contributed by atoms with Gasteiger partial charge in [0, 0.05) is 12.1 Å². The van der Waals surface area contributed by atoms with Gasteiger partial charge in [-0.25, -0.2) is 0 Å². The number of benzene rings is 1. The molecular weight excluding hydrogens is 304 g/mol. The fraction of sp³-hybridized carbons (Fsp3) is 0.609. The molecule has 4 rings (SSSR count). The summed E-state index contributed by atoms with van der Waals surface area (Å²) in [5, 5.41) is 1.27. The first-order valence-electron chi connectivity index (χ1n) is 10.5. The van der Waals surface area contributed by atoms with Crippen molar-refractivity contribution in [3.8, 4) is 0 Å². The van der Waals surface area contributed by atoms with E-state index < -0.39 is 0 Å². The number of rotatable bonds is 5. The van der Waals surface area contributed by atoms with Gasteiger partial charge in [-0.15, -0.1) is 0 Å². The van der Waals surface area contributed by atoms with Crippen LogP contribution in [-0.4, -0.2) is 12.1 Å². The lowest BCUT2D eigenvalue weighted by molar-refractivity contribution is 0.341. The molecule has 2 aliphatic rings. The van der Waals surface area contributed by atoms with Crippen molar-refractivity contribution in [1.29, 1.82) is 0 Å². The highest BCUT2D eigenvalue weighted by Crippen LogP contribution is 2.34. The third-order valence-electron chi connectivity index (χ3n) is 6.28. The van der Waals surface area contributed by atoms with Crippen molar-refractivity contribution in [3.05, 3.63) is 47.3 Å². The molecule has 0 heterocycles. The molecule has 0 N–H and O–H groups in total. The van der Waals surface area contributed by atoms with Crippen LogP contribution in [0.1, 0.15) is 82.7 Å². The first-order valence-corrected chi connectivity index (χ1v) is 10.5. The number of nitrogens with zero attached hydrogens (tertiary/aromatic N) is 2. The quantitative estimate of drug-likeness (QED) is 0.684. The lowest BCUT2D eigenvalue weighted by atomic mass is 9.89. The number of hydrogen-bond acceptors (Lipinski definition) is 2. The standard InChI is InChI=1S/C23H32N2/c1-18(19-11-5-2-6-12-19)24-22-17-23(22)25(20-13-7-3-8-14-20)21-15-9-4-10-16-21/h2,5-6,11-12,17-18,20-21H,3-4,7-10,13-16H2,1H3/b24-22+. The van der Waals surface area contributed by atoms with Crippen LogP contribution in [0.4, 0.5) is 5.69 Å². The van der Waals surface area contributed by atoms with E-state index in [9.17, 15) is 0 Å². The van der Waals surface area contributed by atoms with Crippen molar-refractivity contribution in [3.63, 3.8) is 0 Å². The van der Waals surface area contributed by atoms with Gasteiger partial charge in [0.15, 0.2) is 0 Å². The van der Waals surface area contributed by atoms with Crippen molar-refractivity contribution < 1.29 is 0 Å². The van der Waals surface area contributed by atoms with E-state index in [0.717, 1.165) is 12.1 Å². The summed E-state index contributed by atoms with van der Waals surface area (Å²) in [5.74, 6) is 0. The Morgan fingerprint density at radius 1 is 0.840 bits per heavy atom. The Labute approximate surface area is 152 Å². The van der Waals surface area contributed by atoms with E-state index in [4.69, 9.17) is 4.99 Å². The lowest BCUT2D eigenvalue weighted by Crippen LogP contribution is -2.45. The maximum Gasteiger partial charge on any atom is 0.0837 e. The van der Waals surface area contributed by atoms with Crippen molar-refractivity contribution in [1.82, 2.24) is 0 Å². The van der Waals surface area contributed by atoms with Crippen LogP contribution in [0.3, 0.4) is 0 Å². The van der Waals surface area contributed by atoms with Crippen LogP contribution < -0.4 is 10.3 Å². The van der Waals surface area contributed by atoms with Gasteiger partial charge in [0.2, 0.25) is 0 Å². The van der Waals surface area contributed by atoms with Crippen LogP contribution in [0.5, 0.6) is 0 Å². The zero-order valence-corrected chi connectivity index (χ0v) is 15.7. The molecule has 0 radical (unpaired) electrons. The summed E-state index contributed by atoms with van der Waals surface area (Å²) in [6.07, 6.45) is 14.0. The smallest absolute Gasteiger partial charge is 0.0837 e. The van der Waals surface area contributed by atoms with Crippen LogP contribution >= 0.6 is 0 Å². The minimum atomic E-state index is 0.254. The van der Waals surface area contributed by atoms with Crippen molar-refractivity contribution >= 4 is 5.69 Å². The molecule has 25 heavy (non-hydrogen) atoms. The molecule has 2 aromatic carbocycles. The predicted octanol–water partition coefficient (Wildman–Crippen LogP) is 5.70. The molecule has 2 aliphatic carbocycles. The first-order chi connectivity index (χ1) is 12.3. The lowest BCUT2D eigenvalue weighted by Gasteiger charge is -2.41. The highest BCUT2D eigenvalue weighted by atomic mass is 15.2. The molecule has 0 bridgehead atoms. The zero-order chi connectivity index (χ0) is 17.1. The third kappa shape index (κ3) is 3.99. The van der Waals surface area contributed by atoms with Gasteiger partial charge < -0.3 is 4.90 Å². The van der Waals surface area contributed by atoms with Gasteiger partial charge >= 0.3 is 0 Å². The molecule has 2 aromatic rings. The Hall–Kier alpha value is -1.57. The molecule has 2 fully saturated rings. The van der Waals surface area contributed by atoms with E-state index in [2.05, 4.69) is 48.2 Å². The van der Waals surface area contributed by atoms with Gasteiger partial charge in [0.05, 0.1) is 17.1 Å². The van der Waals surface area contributed by atoms with Crippen molar-refractivity contribution in [2.24, 2.45) is 4.99 Å². The van der Waals surface area contributed by atoms with E-state index >= 15 is 0 Å². The Morgan fingerprint density at radius 3 is 1.96 bits per heavy atom. The zero-order valence-electron chi connectivity index (χ0n) is 15.7. The average molecular weight is 337 g/mol. The summed E-state index contributed by atoms with van der Waals surface area (Å²) in [5.41, 5.74) is 2.79. The third-order valence-corrected chi connectivity index (χ3v) is 6.28. The molecule has 2 nitrogen and oxygen atoms in total. The fourth-order valence-electron chi connectivity index (χ4n) is 4.83. The maximum atomic E-state index is 5.03. The summed E-state index contributed by atoms with van der Waals surface area (Å²) in [6.45, 7) is 2.22. The second-order valence-corrected chi connectivity index (χ2v) is 8.12. The van der Waals surface area contributed by atoms with Crippen molar-refractivity contribution in [2.75, 3.05) is 4.90 Å². The summed E-state index contributed by atoms with van der Waals surface area (Å²) in [7, 11) is 0. The number of anilines is 1. The van der Waals surface area contributed by atoms with Crippen LogP contribution in [0.15, 0.2) is 41.4 Å². The molecule has 0 aliphatic heterocycles. The second kappa shape index (κ2) is 7.76. The van der Waals surface area contributed by atoms with E-state index in [1.165, 1.54) is 80.8 Å². The SMILES string of the molecule is CC(/N=c1\cc1N(C1CCCCC1)C1CCCCC1)c1ccccc1. The second-order valence-electron chi connectivity index (χ2n) is 8.12. The normalized spacial score (nSPS) is 22.4. The van der Waals surface area contributed by atoms with Gasteiger partial charge in [0.1, 0.15) is 0 Å². The van der Waals surface area contributed by atoms with Crippen LogP contribution in [0.25, 0.3) is 0 Å². The first kappa shape index (κ1) is 16.9. The molecule has 0 aromatic heterocycles. The predicted molar refractivity (Wildman–Crippen MR) is 105 cm³/mol. The van der Waals surface area contributed by atoms with Crippen LogP contribution in [0, 0.1) is 0 Å². The average Bonchev–Trinajstić information content (AvgIpc) is 3.43. The fourth-order valence-corrected chi connectivity index (χ4v) is 4.83. The molecule has 0 saturated heterocycles. The molecule has 1 atom stereocenters. The van der Waals surface area contributed by atoms with Gasteiger partial charge in [-0.05, 0) is 44.2 Å². The van der Waals surface area contributed by atoms with E-state index in [0.29, 0.717) is 0 Å². The van der Waals surface area contributed by atoms with Crippen LogP contribution in [0.2, 0.25) is 0 Å². The van der Waals surface area contributed by atoms with E-state index in [1.54, 1.807) is 0 Å². The monoisotopic (exact) mass is 336 g/mol.